The Morgan fingerprint density at radius 1 is 1.17 bits per heavy atom. The molecule has 0 N–H and O–H groups in total. The zero-order valence-corrected chi connectivity index (χ0v) is 18.6. The van der Waals surface area contributed by atoms with E-state index in [0.717, 1.165) is 11.1 Å². The Bertz CT molecular complexity index is 969. The Morgan fingerprint density at radius 3 is 2.63 bits per heavy atom. The summed E-state index contributed by atoms with van der Waals surface area (Å²) < 4.78 is 11.1. The Balaban J connectivity index is 1.69. The number of hydrogen-bond acceptors (Lipinski definition) is 6. The fraction of sp³-hybridized carbons (Fsp3) is 0.261. The van der Waals surface area contributed by atoms with Gasteiger partial charge in [0.25, 0.3) is 5.91 Å². The van der Waals surface area contributed by atoms with Crippen LogP contribution in [0, 0.1) is 6.92 Å². The minimum absolute atomic E-state index is 0.150. The highest BCUT2D eigenvalue weighted by atomic mass is 32.2. The van der Waals surface area contributed by atoms with Crippen molar-refractivity contribution in [1.29, 1.82) is 0 Å². The van der Waals surface area contributed by atoms with Crippen LogP contribution in [0.4, 0.5) is 0 Å². The molecule has 0 bridgehead atoms. The van der Waals surface area contributed by atoms with Crippen molar-refractivity contribution in [3.8, 4) is 5.75 Å². The molecule has 1 heterocycles. The average molecular weight is 442 g/mol. The van der Waals surface area contributed by atoms with E-state index >= 15 is 0 Å². The second-order valence-electron chi connectivity index (χ2n) is 6.83. The maximum absolute atomic E-state index is 12.8. The number of amides is 1. The lowest BCUT2D eigenvalue weighted by Gasteiger charge is -2.13. The number of esters is 1. The Kier molecular flexibility index (Phi) is 7.65. The van der Waals surface area contributed by atoms with Crippen LogP contribution in [0.2, 0.25) is 0 Å². The van der Waals surface area contributed by atoms with Crippen molar-refractivity contribution >= 4 is 46.3 Å². The molecule has 0 saturated carbocycles. The van der Waals surface area contributed by atoms with Crippen LogP contribution in [0.5, 0.6) is 5.75 Å². The summed E-state index contributed by atoms with van der Waals surface area (Å²) in [5.74, 6) is 0.257. The molecule has 0 atom stereocenters. The maximum atomic E-state index is 12.8. The Labute approximate surface area is 186 Å². The van der Waals surface area contributed by atoms with Gasteiger partial charge in [-0.3, -0.25) is 14.5 Å². The molecule has 1 aliphatic rings. The summed E-state index contributed by atoms with van der Waals surface area (Å²) in [5, 5.41) is 0. The third kappa shape index (κ3) is 5.70. The predicted octanol–water partition coefficient (Wildman–Crippen LogP) is 4.73. The fourth-order valence-corrected chi connectivity index (χ4v) is 4.19. The molecule has 1 amide bonds. The van der Waals surface area contributed by atoms with E-state index in [1.54, 1.807) is 0 Å². The highest BCUT2D eigenvalue weighted by Crippen LogP contribution is 2.34. The maximum Gasteiger partial charge on any atom is 0.305 e. The topological polar surface area (TPSA) is 55.8 Å². The predicted molar refractivity (Wildman–Crippen MR) is 123 cm³/mol. The largest absolute Gasteiger partial charge is 0.488 e. The van der Waals surface area contributed by atoms with Gasteiger partial charge >= 0.3 is 5.97 Å². The van der Waals surface area contributed by atoms with Crippen LogP contribution in [-0.2, 0) is 20.9 Å². The lowest BCUT2D eigenvalue weighted by Crippen LogP contribution is -2.29. The highest BCUT2D eigenvalue weighted by molar-refractivity contribution is 8.26. The van der Waals surface area contributed by atoms with Gasteiger partial charge in [0.2, 0.25) is 0 Å². The molecular formula is C23H23NO4S2. The molecule has 0 radical (unpaired) electrons. The van der Waals surface area contributed by atoms with Crippen molar-refractivity contribution in [3.63, 3.8) is 0 Å². The molecule has 0 aliphatic carbocycles. The first-order valence-electron chi connectivity index (χ1n) is 9.57. The van der Waals surface area contributed by atoms with Crippen LogP contribution in [0.15, 0.2) is 53.4 Å². The van der Waals surface area contributed by atoms with Crippen LogP contribution >= 0.6 is 24.0 Å². The third-order valence-corrected chi connectivity index (χ3v) is 5.96. The number of thioether (sulfide) groups is 1. The normalized spacial score (nSPS) is 15.0. The Hall–Kier alpha value is -2.64. The van der Waals surface area contributed by atoms with Gasteiger partial charge < -0.3 is 9.47 Å². The molecule has 0 spiro atoms. The van der Waals surface area contributed by atoms with E-state index in [2.05, 4.69) is 16.9 Å². The fourth-order valence-electron chi connectivity index (χ4n) is 2.89. The van der Waals surface area contributed by atoms with Crippen molar-refractivity contribution < 1.29 is 19.1 Å². The lowest BCUT2D eigenvalue weighted by molar-refractivity contribution is -0.141. The number of carbonyl (C=O) groups excluding carboxylic acids is 2. The number of methoxy groups -OCH3 is 1. The van der Waals surface area contributed by atoms with E-state index in [1.807, 2.05) is 49.4 Å². The van der Waals surface area contributed by atoms with Crippen LogP contribution in [0.3, 0.4) is 0 Å². The van der Waals surface area contributed by atoms with Crippen LogP contribution in [0.1, 0.15) is 29.5 Å². The molecular weight excluding hydrogens is 418 g/mol. The van der Waals surface area contributed by atoms with E-state index in [4.69, 9.17) is 17.0 Å². The van der Waals surface area contributed by atoms with Crippen LogP contribution < -0.4 is 4.74 Å². The molecule has 0 aromatic heterocycles. The first-order chi connectivity index (χ1) is 14.5. The van der Waals surface area contributed by atoms with Gasteiger partial charge in [0, 0.05) is 18.5 Å². The van der Waals surface area contributed by atoms with Crippen molar-refractivity contribution in [2.24, 2.45) is 0 Å². The number of hydrogen-bond donors (Lipinski definition) is 0. The number of rotatable bonds is 8. The van der Waals surface area contributed by atoms with Crippen LogP contribution in [0.25, 0.3) is 6.08 Å². The summed E-state index contributed by atoms with van der Waals surface area (Å²) in [6.45, 7) is 2.88. The van der Waals surface area contributed by atoms with E-state index < -0.39 is 0 Å². The molecule has 0 unspecified atom stereocenters. The molecule has 3 rings (SSSR count). The molecule has 156 valence electrons. The van der Waals surface area contributed by atoms with Crippen molar-refractivity contribution in [1.82, 2.24) is 4.90 Å². The summed E-state index contributed by atoms with van der Waals surface area (Å²) in [6, 6.07) is 15.8. The van der Waals surface area contributed by atoms with Crippen molar-refractivity contribution in [2.75, 3.05) is 13.7 Å². The van der Waals surface area contributed by atoms with Gasteiger partial charge in [-0.2, -0.15) is 0 Å². The summed E-state index contributed by atoms with van der Waals surface area (Å²) >= 11 is 6.62. The van der Waals surface area contributed by atoms with Crippen molar-refractivity contribution in [3.05, 3.63) is 70.1 Å². The molecule has 1 aliphatic heterocycles. The molecule has 5 nitrogen and oxygen atoms in total. The number of aryl methyl sites for hydroxylation is 1. The van der Waals surface area contributed by atoms with Gasteiger partial charge in [0.1, 0.15) is 16.7 Å². The summed E-state index contributed by atoms with van der Waals surface area (Å²) in [7, 11) is 1.35. The number of para-hydroxylation sites is 1. The highest BCUT2D eigenvalue weighted by Gasteiger charge is 2.31. The zero-order valence-electron chi connectivity index (χ0n) is 16.9. The smallest absolute Gasteiger partial charge is 0.305 e. The minimum atomic E-state index is -0.296. The van der Waals surface area contributed by atoms with E-state index in [-0.39, 0.29) is 18.3 Å². The van der Waals surface area contributed by atoms with Gasteiger partial charge in [-0.05, 0) is 31.1 Å². The third-order valence-electron chi connectivity index (χ3n) is 4.58. The first-order valence-corrected chi connectivity index (χ1v) is 10.8. The summed E-state index contributed by atoms with van der Waals surface area (Å²) in [4.78, 5) is 26.1. The van der Waals surface area contributed by atoms with Gasteiger partial charge in [0.15, 0.2) is 0 Å². The van der Waals surface area contributed by atoms with E-state index in [9.17, 15) is 9.59 Å². The second-order valence-corrected chi connectivity index (χ2v) is 8.50. The minimum Gasteiger partial charge on any atom is -0.488 e. The first kappa shape index (κ1) is 22.1. The monoisotopic (exact) mass is 441 g/mol. The van der Waals surface area contributed by atoms with Gasteiger partial charge in [-0.1, -0.05) is 72.0 Å². The van der Waals surface area contributed by atoms with E-state index in [1.165, 1.54) is 29.3 Å². The average Bonchev–Trinajstić information content (AvgIpc) is 3.01. The van der Waals surface area contributed by atoms with Crippen molar-refractivity contribution in [2.45, 2.75) is 26.4 Å². The quantitative estimate of drug-likeness (QED) is 0.335. The Morgan fingerprint density at radius 2 is 1.90 bits per heavy atom. The summed E-state index contributed by atoms with van der Waals surface area (Å²) in [6.07, 6.45) is 2.56. The number of nitrogens with zero attached hydrogens (tertiary/aromatic N) is 1. The molecule has 30 heavy (non-hydrogen) atoms. The molecule has 7 heteroatoms. The standard InChI is InChI=1S/C23H23NO4S2/c1-16-9-11-17(12-10-16)15-28-19-7-4-3-6-18(19)14-20-22(26)24(23(29)30-20)13-5-8-21(25)27-2/h3-4,6-7,9-12,14H,5,8,13,15H2,1-2H3/b20-14+. The number of ether oxygens (including phenoxy) is 2. The van der Waals surface area contributed by atoms with Crippen LogP contribution in [-0.4, -0.2) is 34.8 Å². The van der Waals surface area contributed by atoms with E-state index in [0.29, 0.717) is 34.5 Å². The molecule has 2 aromatic rings. The lowest BCUT2D eigenvalue weighted by atomic mass is 10.1. The van der Waals surface area contributed by atoms with Gasteiger partial charge in [-0.25, -0.2) is 0 Å². The SMILES string of the molecule is COC(=O)CCCN1C(=O)/C(=C\c2ccccc2OCc2ccc(C)cc2)SC1=S. The summed E-state index contributed by atoms with van der Waals surface area (Å²) in [5.41, 5.74) is 3.10. The zero-order chi connectivity index (χ0) is 21.5. The van der Waals surface area contributed by atoms with Gasteiger partial charge in [0.05, 0.1) is 12.0 Å². The molecule has 1 fully saturated rings. The second kappa shape index (κ2) is 10.4. The number of carbonyl (C=O) groups is 2. The molecule has 1 saturated heterocycles. The van der Waals surface area contributed by atoms with Gasteiger partial charge in [-0.15, -0.1) is 0 Å². The number of benzene rings is 2. The molecule has 2 aromatic carbocycles. The number of thiocarbonyl (C=S) groups is 1.